The Labute approximate surface area is 177 Å². The zero-order valence-electron chi connectivity index (χ0n) is 16.6. The van der Waals surface area contributed by atoms with Gasteiger partial charge in [-0.25, -0.2) is 0 Å². The van der Waals surface area contributed by atoms with Gasteiger partial charge >= 0.3 is 0 Å². The number of aliphatic imine (C=N–C) groups is 1. The minimum atomic E-state index is -0.0534. The Morgan fingerprint density at radius 3 is 2.03 bits per heavy atom. The second kappa shape index (κ2) is 9.49. The fourth-order valence-corrected chi connectivity index (χ4v) is 3.58. The summed E-state index contributed by atoms with van der Waals surface area (Å²) in [7, 11) is 0. The molecule has 0 atom stereocenters. The van der Waals surface area contributed by atoms with Gasteiger partial charge in [0.05, 0.1) is 17.7 Å². The summed E-state index contributed by atoms with van der Waals surface area (Å²) >= 11 is 0. The van der Waals surface area contributed by atoms with Gasteiger partial charge in [0.1, 0.15) is 0 Å². The Balaban J connectivity index is 1.66. The van der Waals surface area contributed by atoms with Crippen LogP contribution in [0.5, 0.6) is 0 Å². The maximum absolute atomic E-state index is 9.17. The Morgan fingerprint density at radius 1 is 0.733 bits per heavy atom. The third-order valence-electron chi connectivity index (χ3n) is 5.10. The first-order valence-electron chi connectivity index (χ1n) is 10.0. The van der Waals surface area contributed by atoms with Gasteiger partial charge in [0.15, 0.2) is 0 Å². The van der Waals surface area contributed by atoms with Gasteiger partial charge in [-0.15, -0.1) is 0 Å². The van der Waals surface area contributed by atoms with Gasteiger partial charge in [-0.3, -0.25) is 4.99 Å². The molecule has 0 saturated carbocycles. The second-order valence-electron chi connectivity index (χ2n) is 7.19. The van der Waals surface area contributed by atoms with Crippen LogP contribution in [-0.4, -0.2) is 6.21 Å². The topological polar surface area (TPSA) is 36.1 Å². The summed E-state index contributed by atoms with van der Waals surface area (Å²) in [6.45, 7) is 0. The third-order valence-corrected chi connectivity index (χ3v) is 5.10. The lowest BCUT2D eigenvalue weighted by Gasteiger charge is -2.14. The van der Waals surface area contributed by atoms with Crippen molar-refractivity contribution >= 4 is 6.21 Å². The van der Waals surface area contributed by atoms with Gasteiger partial charge in [0.2, 0.25) is 0 Å². The van der Waals surface area contributed by atoms with Crippen molar-refractivity contribution in [1.29, 1.82) is 5.26 Å². The van der Waals surface area contributed by atoms with Crippen LogP contribution >= 0.6 is 0 Å². The largest absolute Gasteiger partial charge is 0.280 e. The quantitative estimate of drug-likeness (QED) is 0.355. The lowest BCUT2D eigenvalue weighted by Crippen LogP contribution is -2.00. The molecular formula is C28H22N2. The number of hydrogen-bond donors (Lipinski definition) is 0. The molecule has 4 aromatic rings. The molecule has 0 aliphatic rings. The fourth-order valence-electron chi connectivity index (χ4n) is 3.58. The molecule has 0 spiro atoms. The lowest BCUT2D eigenvalue weighted by atomic mass is 9.98. The van der Waals surface area contributed by atoms with Crippen molar-refractivity contribution in [2.75, 3.05) is 0 Å². The van der Waals surface area contributed by atoms with Crippen molar-refractivity contribution in [3.05, 3.63) is 143 Å². The molecule has 0 amide bonds. The van der Waals surface area contributed by atoms with Crippen LogP contribution in [0.1, 0.15) is 39.4 Å². The van der Waals surface area contributed by atoms with Crippen LogP contribution < -0.4 is 0 Å². The summed E-state index contributed by atoms with van der Waals surface area (Å²) < 4.78 is 0. The summed E-state index contributed by atoms with van der Waals surface area (Å²) in [5.41, 5.74) is 6.43. The van der Waals surface area contributed by atoms with Gasteiger partial charge in [0.25, 0.3) is 0 Å². The summed E-state index contributed by atoms with van der Waals surface area (Å²) in [6.07, 6.45) is 2.74. The number of nitrogens with zero attached hydrogens (tertiary/aromatic N) is 2. The van der Waals surface area contributed by atoms with Crippen molar-refractivity contribution in [1.82, 2.24) is 0 Å². The Morgan fingerprint density at radius 2 is 1.37 bits per heavy atom. The number of benzene rings is 4. The molecule has 2 heteroatoms. The molecule has 0 heterocycles. The maximum Gasteiger partial charge on any atom is 0.0999 e. The molecule has 30 heavy (non-hydrogen) atoms. The minimum absolute atomic E-state index is 0.0534. The first kappa shape index (κ1) is 19.4. The number of rotatable bonds is 6. The van der Waals surface area contributed by atoms with Crippen LogP contribution in [0.15, 0.2) is 114 Å². The monoisotopic (exact) mass is 386 g/mol. The Hall–Kier alpha value is -3.96. The van der Waals surface area contributed by atoms with E-state index in [2.05, 4.69) is 72.8 Å². The predicted octanol–water partition coefficient (Wildman–Crippen LogP) is 6.36. The smallest absolute Gasteiger partial charge is 0.0999 e. The van der Waals surface area contributed by atoms with Crippen molar-refractivity contribution in [2.45, 2.75) is 12.5 Å². The van der Waals surface area contributed by atoms with Crippen molar-refractivity contribution < 1.29 is 0 Å². The normalized spacial score (nSPS) is 10.9. The molecule has 0 saturated heterocycles. The summed E-state index contributed by atoms with van der Waals surface area (Å²) in [4.78, 5) is 4.99. The molecule has 0 unspecified atom stereocenters. The van der Waals surface area contributed by atoms with E-state index in [4.69, 9.17) is 4.99 Å². The molecule has 4 rings (SSSR count). The number of nitriles is 1. The summed E-state index contributed by atoms with van der Waals surface area (Å²) in [5, 5.41) is 9.17. The molecule has 0 aliphatic heterocycles. The van der Waals surface area contributed by atoms with E-state index in [9.17, 15) is 5.26 Å². The van der Waals surface area contributed by atoms with E-state index in [1.54, 1.807) is 0 Å². The maximum atomic E-state index is 9.17. The lowest BCUT2D eigenvalue weighted by molar-refractivity contribution is 0.878. The second-order valence-corrected chi connectivity index (χ2v) is 7.19. The van der Waals surface area contributed by atoms with Crippen molar-refractivity contribution in [3.8, 4) is 6.07 Å². The van der Waals surface area contributed by atoms with Crippen LogP contribution in [0.2, 0.25) is 0 Å². The number of hydrogen-bond acceptors (Lipinski definition) is 2. The first-order valence-corrected chi connectivity index (χ1v) is 10.0. The average molecular weight is 386 g/mol. The third kappa shape index (κ3) is 4.71. The zero-order valence-corrected chi connectivity index (χ0v) is 16.6. The highest BCUT2D eigenvalue weighted by Gasteiger charge is 2.12. The van der Waals surface area contributed by atoms with E-state index < -0.39 is 0 Å². The molecule has 0 N–H and O–H groups in total. The van der Waals surface area contributed by atoms with E-state index in [1.807, 2.05) is 48.7 Å². The predicted molar refractivity (Wildman–Crippen MR) is 123 cm³/mol. The van der Waals surface area contributed by atoms with Crippen LogP contribution in [0.25, 0.3) is 0 Å². The highest BCUT2D eigenvalue weighted by molar-refractivity contribution is 5.82. The SMILES string of the molecule is N#Cc1cccc(Cc2ccccc2C=NC(c2ccccc2)c2ccccc2)c1. The summed E-state index contributed by atoms with van der Waals surface area (Å²) in [5.74, 6) is 0. The molecule has 4 aromatic carbocycles. The van der Waals surface area contributed by atoms with Crippen LogP contribution in [0, 0.1) is 11.3 Å². The van der Waals surface area contributed by atoms with Crippen LogP contribution in [0.4, 0.5) is 0 Å². The molecule has 2 nitrogen and oxygen atoms in total. The van der Waals surface area contributed by atoms with Crippen molar-refractivity contribution in [3.63, 3.8) is 0 Å². The highest BCUT2D eigenvalue weighted by atomic mass is 14.8. The van der Waals surface area contributed by atoms with E-state index in [0.717, 1.165) is 17.5 Å². The van der Waals surface area contributed by atoms with E-state index in [0.29, 0.717) is 5.56 Å². The molecule has 0 fully saturated rings. The van der Waals surface area contributed by atoms with Gasteiger partial charge in [0, 0.05) is 6.21 Å². The Bertz CT molecular complexity index is 1130. The van der Waals surface area contributed by atoms with Gasteiger partial charge in [-0.2, -0.15) is 5.26 Å². The summed E-state index contributed by atoms with van der Waals surface area (Å²) in [6, 6.07) is 39.0. The van der Waals surface area contributed by atoms with Crippen LogP contribution in [0.3, 0.4) is 0 Å². The minimum Gasteiger partial charge on any atom is -0.280 e. The zero-order chi connectivity index (χ0) is 20.6. The Kier molecular flexibility index (Phi) is 6.13. The van der Waals surface area contributed by atoms with Gasteiger partial charge in [-0.1, -0.05) is 97.1 Å². The van der Waals surface area contributed by atoms with E-state index in [1.165, 1.54) is 16.7 Å². The molecule has 0 bridgehead atoms. The van der Waals surface area contributed by atoms with Gasteiger partial charge < -0.3 is 0 Å². The molecule has 0 aromatic heterocycles. The van der Waals surface area contributed by atoms with Crippen LogP contribution in [-0.2, 0) is 6.42 Å². The standard InChI is InChI=1S/C28H22N2/c29-20-23-11-9-10-22(18-23)19-26-16-7-8-17-27(26)21-30-28(24-12-3-1-4-13-24)25-14-5-2-6-15-25/h1-18,21,28H,19H2. The van der Waals surface area contributed by atoms with E-state index in [-0.39, 0.29) is 6.04 Å². The fraction of sp³-hybridized carbons (Fsp3) is 0.0714. The first-order chi connectivity index (χ1) is 14.8. The average Bonchev–Trinajstić information content (AvgIpc) is 2.82. The molecular weight excluding hydrogens is 364 g/mol. The molecule has 0 aliphatic carbocycles. The molecule has 144 valence electrons. The van der Waals surface area contributed by atoms with Crippen molar-refractivity contribution in [2.24, 2.45) is 4.99 Å². The van der Waals surface area contributed by atoms with Gasteiger partial charge in [-0.05, 0) is 46.4 Å². The molecule has 0 radical (unpaired) electrons. The van der Waals surface area contributed by atoms with E-state index >= 15 is 0 Å². The highest BCUT2D eigenvalue weighted by Crippen LogP contribution is 2.26.